The lowest BCUT2D eigenvalue weighted by atomic mass is 9.79. The molecule has 5 aromatic carbocycles. The van der Waals surface area contributed by atoms with Crippen LogP contribution in [0.4, 0.5) is 0 Å². The summed E-state index contributed by atoms with van der Waals surface area (Å²) in [5.74, 6) is 3.97. The van der Waals surface area contributed by atoms with E-state index in [1.54, 1.807) is 0 Å². The molecule has 1 aliphatic rings. The van der Waals surface area contributed by atoms with Gasteiger partial charge in [0.2, 0.25) is 0 Å². The third-order valence-corrected chi connectivity index (χ3v) is 15.5. The van der Waals surface area contributed by atoms with Gasteiger partial charge in [0, 0.05) is 19.3 Å². The van der Waals surface area contributed by atoms with Gasteiger partial charge in [-0.1, -0.05) is 193 Å². The molecule has 0 aromatic heterocycles. The predicted octanol–water partition coefficient (Wildman–Crippen LogP) is 14.9. The second-order valence-corrected chi connectivity index (χ2v) is 24.6. The molecule has 6 bridgehead atoms. The van der Waals surface area contributed by atoms with Gasteiger partial charge in [-0.05, 0) is 121 Å². The first-order chi connectivity index (χ1) is 31.0. The van der Waals surface area contributed by atoms with Crippen LogP contribution in [0.2, 0.25) is 0 Å². The van der Waals surface area contributed by atoms with E-state index in [-0.39, 0.29) is 27.6 Å². The van der Waals surface area contributed by atoms with Gasteiger partial charge in [0.05, 0.1) is 20.8 Å². The van der Waals surface area contributed by atoms with E-state index in [2.05, 4.69) is 206 Å². The highest BCUT2D eigenvalue weighted by Crippen LogP contribution is 2.44. The first-order valence-electron chi connectivity index (χ1n) is 24.1. The number of hydrogen-bond acceptors (Lipinski definition) is 4. The van der Waals surface area contributed by atoms with E-state index in [1.165, 1.54) is 38.4 Å². The van der Waals surface area contributed by atoms with Gasteiger partial charge < -0.3 is 18.9 Å². The molecule has 5 heteroatoms. The third kappa shape index (κ3) is 12.2. The van der Waals surface area contributed by atoms with Crippen molar-refractivity contribution >= 4 is 18.5 Å². The number of ether oxygens (including phenoxy) is 4. The number of benzene rings is 5. The maximum Gasteiger partial charge on any atom is 0.126 e. The monoisotopic (exact) mass is 909 g/mol. The van der Waals surface area contributed by atoms with Crippen LogP contribution < -0.4 is 24.8 Å². The van der Waals surface area contributed by atoms with Gasteiger partial charge in [-0.2, -0.15) is 0 Å². The van der Waals surface area contributed by atoms with Crippen LogP contribution in [0.5, 0.6) is 17.2 Å². The molecule has 6 rings (SSSR count). The molecule has 1 atom stereocenters. The average molecular weight is 909 g/mol. The van der Waals surface area contributed by atoms with Crippen molar-refractivity contribution in [1.29, 1.82) is 0 Å². The van der Waals surface area contributed by atoms with Gasteiger partial charge in [0.15, 0.2) is 0 Å². The van der Waals surface area contributed by atoms with Gasteiger partial charge in [-0.25, -0.2) is 0 Å². The Hall–Kier alpha value is -4.79. The Balaban J connectivity index is 1.70. The maximum atomic E-state index is 7.41. The van der Waals surface area contributed by atoms with E-state index in [0.29, 0.717) is 38.6 Å². The van der Waals surface area contributed by atoms with E-state index in [4.69, 9.17) is 18.9 Å². The van der Waals surface area contributed by atoms with Crippen molar-refractivity contribution in [3.63, 3.8) is 0 Å². The molecule has 0 saturated carbocycles. The highest BCUT2D eigenvalue weighted by atomic mass is 31.1. The number of hydrogen-bond donors (Lipinski definition) is 0. The summed E-state index contributed by atoms with van der Waals surface area (Å²) in [4.78, 5) is 0. The standard InChI is InChI=1S/C61H79O4P/c1-17-64-57-46-31-43(30-41(2)58(3,4)5)54(62-15)29-28-42-34-49(59(6,7)8)38-47(56(42)65-40-66(52-24-20-18-21-25-52)53-26-22-19-23-27-53)32-44-35-50(60(9,10)11)36-45(55(44)63-16)33-48(57)39-51(37-46)61(12,13)14/h18-27,29-30,34-39,41H,17,28,31-33,40H2,1-16H3/b43-30-,54-29-/i15+1,16+1. The van der Waals surface area contributed by atoms with Crippen molar-refractivity contribution in [2.75, 3.05) is 27.2 Å². The summed E-state index contributed by atoms with van der Waals surface area (Å²) >= 11 is 0. The highest BCUT2D eigenvalue weighted by Gasteiger charge is 2.29. The zero-order valence-electron chi connectivity index (χ0n) is 43.3. The summed E-state index contributed by atoms with van der Waals surface area (Å²) in [7, 11) is 2.83. The fourth-order valence-corrected chi connectivity index (χ4v) is 10.7. The Bertz CT molecular complexity index is 2460. The van der Waals surface area contributed by atoms with Crippen LogP contribution in [0.15, 0.2) is 121 Å². The summed E-state index contributed by atoms with van der Waals surface area (Å²) in [6.45, 7) is 32.7. The first kappa shape index (κ1) is 50.6. The smallest absolute Gasteiger partial charge is 0.126 e. The molecule has 0 heterocycles. The summed E-state index contributed by atoms with van der Waals surface area (Å²) in [6, 6.07) is 36.1. The lowest BCUT2D eigenvalue weighted by Gasteiger charge is -2.29. The molecule has 0 aliphatic heterocycles. The van der Waals surface area contributed by atoms with Crippen LogP contribution in [0.1, 0.15) is 147 Å². The lowest BCUT2D eigenvalue weighted by molar-refractivity contribution is 0.289. The third-order valence-electron chi connectivity index (χ3n) is 13.3. The Morgan fingerprint density at radius 2 is 0.939 bits per heavy atom. The van der Waals surface area contributed by atoms with Crippen molar-refractivity contribution in [1.82, 2.24) is 0 Å². The molecule has 0 saturated heterocycles. The van der Waals surface area contributed by atoms with Crippen molar-refractivity contribution < 1.29 is 18.9 Å². The van der Waals surface area contributed by atoms with Crippen molar-refractivity contribution in [3.05, 3.63) is 171 Å². The number of methoxy groups -OCH3 is 2. The minimum Gasteiger partial charge on any atom is -0.497 e. The fraction of sp³-hybridized carbons (Fsp3) is 0.443. The molecule has 5 aromatic rings. The van der Waals surface area contributed by atoms with Crippen molar-refractivity contribution in [2.45, 2.75) is 139 Å². The lowest BCUT2D eigenvalue weighted by Crippen LogP contribution is -2.19. The Kier molecular flexibility index (Phi) is 15.8. The maximum absolute atomic E-state index is 7.41. The molecule has 1 aliphatic carbocycles. The van der Waals surface area contributed by atoms with Crippen LogP contribution in [0, 0.1) is 11.3 Å². The average Bonchev–Trinajstić information content (AvgIpc) is 3.24. The van der Waals surface area contributed by atoms with Crippen molar-refractivity contribution in [3.8, 4) is 17.2 Å². The van der Waals surface area contributed by atoms with Gasteiger partial charge in [0.1, 0.15) is 29.4 Å². The van der Waals surface area contributed by atoms with E-state index in [9.17, 15) is 0 Å². The number of fused-ring (bicyclic) bond motifs is 6. The van der Waals surface area contributed by atoms with Crippen LogP contribution >= 0.6 is 7.92 Å². The SMILES string of the molecule is CCOc1c2cc(C(C)(C)C)cc1Cc1cc(C(C)(C)C)cc(c1O[13CH3])Cc1cc(C(C)(C)C)cc(c1OCP(c1ccccc1)c1ccccc1)C/C=C(O[13CH3])/C(=C\C(C)C(C)(C)C)C2. The summed E-state index contributed by atoms with van der Waals surface area (Å²) in [5, 5.41) is 2.58. The van der Waals surface area contributed by atoms with E-state index < -0.39 is 7.92 Å². The van der Waals surface area contributed by atoms with Crippen molar-refractivity contribution in [2.24, 2.45) is 11.3 Å². The van der Waals surface area contributed by atoms with Crippen LogP contribution in [-0.4, -0.2) is 27.2 Å². The molecule has 66 heavy (non-hydrogen) atoms. The molecule has 0 fully saturated rings. The minimum absolute atomic E-state index is 0.0431. The molecular formula is C61H79O4P. The van der Waals surface area contributed by atoms with E-state index in [0.717, 1.165) is 50.8 Å². The number of rotatable bonds is 10. The largest absolute Gasteiger partial charge is 0.497 e. The topological polar surface area (TPSA) is 36.9 Å². The molecule has 0 N–H and O–H groups in total. The fourth-order valence-electron chi connectivity index (χ4n) is 8.73. The van der Waals surface area contributed by atoms with Crippen LogP contribution in [0.25, 0.3) is 0 Å². The number of allylic oxidation sites excluding steroid dienone is 3. The molecule has 0 amide bonds. The molecule has 0 radical (unpaired) electrons. The highest BCUT2D eigenvalue weighted by molar-refractivity contribution is 7.72. The molecule has 352 valence electrons. The van der Waals surface area contributed by atoms with Crippen LogP contribution in [0.3, 0.4) is 0 Å². The second kappa shape index (κ2) is 20.6. The van der Waals surface area contributed by atoms with Crippen LogP contribution in [-0.2, 0) is 46.7 Å². The molecule has 0 spiro atoms. The quantitative estimate of drug-likeness (QED) is 0.103. The first-order valence-corrected chi connectivity index (χ1v) is 25.7. The Labute approximate surface area is 401 Å². The summed E-state index contributed by atoms with van der Waals surface area (Å²) in [6.07, 6.45) is 7.88. The van der Waals surface area contributed by atoms with E-state index in [1.807, 2.05) is 14.2 Å². The van der Waals surface area contributed by atoms with Gasteiger partial charge in [0.25, 0.3) is 0 Å². The Morgan fingerprint density at radius 3 is 1.33 bits per heavy atom. The minimum atomic E-state index is -0.831. The van der Waals surface area contributed by atoms with Gasteiger partial charge >= 0.3 is 0 Å². The Morgan fingerprint density at radius 1 is 0.530 bits per heavy atom. The normalized spacial score (nSPS) is 15.8. The van der Waals surface area contributed by atoms with Gasteiger partial charge in [-0.15, -0.1) is 0 Å². The van der Waals surface area contributed by atoms with E-state index >= 15 is 0 Å². The summed E-state index contributed by atoms with van der Waals surface area (Å²) in [5.41, 5.74) is 11.7. The molecule has 1 unspecified atom stereocenters. The predicted molar refractivity (Wildman–Crippen MR) is 283 cm³/mol. The van der Waals surface area contributed by atoms with Gasteiger partial charge in [-0.3, -0.25) is 0 Å². The zero-order chi connectivity index (χ0) is 48.2. The second-order valence-electron chi connectivity index (χ2n) is 22.5. The molecule has 4 nitrogen and oxygen atoms in total. The summed E-state index contributed by atoms with van der Waals surface area (Å²) < 4.78 is 27.3. The zero-order valence-corrected chi connectivity index (χ0v) is 44.2. The molecular weight excluding hydrogens is 830 g/mol.